The van der Waals surface area contributed by atoms with Gasteiger partial charge in [0.2, 0.25) is 0 Å². The van der Waals surface area contributed by atoms with Crippen LogP contribution in [0.2, 0.25) is 0 Å². The number of fused-ring (bicyclic) bond motifs is 7. The molecule has 2 heterocycles. The maximum atomic E-state index is 13.5. The third kappa shape index (κ3) is 3.50. The monoisotopic (exact) mass is 456 g/mol. The van der Waals surface area contributed by atoms with Crippen LogP contribution >= 0.6 is 0 Å². The van der Waals surface area contributed by atoms with Gasteiger partial charge in [0.15, 0.2) is 0 Å². The van der Waals surface area contributed by atoms with Gasteiger partial charge in [0.05, 0.1) is 22.1 Å². The van der Waals surface area contributed by atoms with E-state index in [2.05, 4.69) is 0 Å². The summed E-state index contributed by atoms with van der Waals surface area (Å²) in [7, 11) is 0. The van der Waals surface area contributed by atoms with Gasteiger partial charge in [-0.1, -0.05) is 48.5 Å². The molecule has 0 amide bonds. The molecule has 0 aliphatic heterocycles. The van der Waals surface area contributed by atoms with Gasteiger partial charge in [0.25, 0.3) is 0 Å². The van der Waals surface area contributed by atoms with Gasteiger partial charge >= 0.3 is 12.2 Å². The number of aromatic nitrogens is 2. The van der Waals surface area contributed by atoms with E-state index in [9.17, 15) is 9.59 Å². The summed E-state index contributed by atoms with van der Waals surface area (Å²) >= 11 is 0. The zero-order valence-corrected chi connectivity index (χ0v) is 20.3. The Labute approximate surface area is 197 Å². The molecule has 0 aliphatic rings. The molecule has 0 aliphatic carbocycles. The highest BCUT2D eigenvalue weighted by molar-refractivity contribution is 6.26. The minimum Gasteiger partial charge on any atom is -0.443 e. The molecular weight excluding hydrogens is 428 g/mol. The summed E-state index contributed by atoms with van der Waals surface area (Å²) in [5, 5.41) is 3.54. The highest BCUT2D eigenvalue weighted by atomic mass is 16.6. The third-order valence-corrected chi connectivity index (χ3v) is 5.62. The summed E-state index contributed by atoms with van der Waals surface area (Å²) in [5.74, 6) is 0. The van der Waals surface area contributed by atoms with Gasteiger partial charge in [-0.25, -0.2) is 18.7 Å². The normalized spacial score (nSPS) is 12.6. The molecule has 0 unspecified atom stereocenters. The number of hydrogen-bond acceptors (Lipinski definition) is 4. The van der Waals surface area contributed by atoms with Crippen LogP contribution in [-0.2, 0) is 9.47 Å². The number of carbonyl (C=O) groups excluding carboxylic acids is 2. The summed E-state index contributed by atoms with van der Waals surface area (Å²) < 4.78 is 14.8. The summed E-state index contributed by atoms with van der Waals surface area (Å²) in [4.78, 5) is 27.1. The summed E-state index contributed by atoms with van der Waals surface area (Å²) in [6.07, 6.45) is -0.987. The molecule has 0 bridgehead atoms. The fraction of sp³-hybridized carbons (Fsp3) is 0.286. The summed E-state index contributed by atoms with van der Waals surface area (Å²) in [6.45, 7) is 11.0. The molecule has 0 saturated heterocycles. The number of hydrogen-bond donors (Lipinski definition) is 0. The van der Waals surface area contributed by atoms with Crippen LogP contribution in [0.25, 0.3) is 43.6 Å². The Morgan fingerprint density at radius 3 is 1.26 bits per heavy atom. The average molecular weight is 457 g/mol. The zero-order chi connectivity index (χ0) is 24.4. The Morgan fingerprint density at radius 1 is 0.559 bits per heavy atom. The fourth-order valence-electron chi connectivity index (χ4n) is 4.50. The molecule has 5 aromatic rings. The standard InChI is InChI=1S/C28H28N2O4/c1-27(2,3)33-25(31)29-21-13-9-7-11-17(21)19-15-16-20-18-12-8-10-14-22(18)30(24(20)23(19)29)26(32)34-28(4,5)6/h7-16H,1-6H3. The van der Waals surface area contributed by atoms with E-state index >= 15 is 0 Å². The molecule has 0 saturated carbocycles. The number of benzene rings is 3. The van der Waals surface area contributed by atoms with Crippen LogP contribution in [0.5, 0.6) is 0 Å². The van der Waals surface area contributed by atoms with Gasteiger partial charge in [-0.15, -0.1) is 0 Å². The van der Waals surface area contributed by atoms with E-state index < -0.39 is 23.4 Å². The van der Waals surface area contributed by atoms with Crippen molar-refractivity contribution in [2.24, 2.45) is 0 Å². The number of nitrogens with zero attached hydrogens (tertiary/aromatic N) is 2. The number of carbonyl (C=O) groups is 2. The predicted octanol–water partition coefficient (Wildman–Crippen LogP) is 7.47. The van der Waals surface area contributed by atoms with Crippen LogP contribution in [0.3, 0.4) is 0 Å². The predicted molar refractivity (Wildman–Crippen MR) is 136 cm³/mol. The zero-order valence-electron chi connectivity index (χ0n) is 20.3. The van der Waals surface area contributed by atoms with Gasteiger partial charge in [-0.05, 0) is 53.7 Å². The molecule has 6 heteroatoms. The lowest BCUT2D eigenvalue weighted by molar-refractivity contribution is 0.0535. The Bertz CT molecular complexity index is 1490. The molecule has 3 aromatic carbocycles. The molecule has 174 valence electrons. The number of ether oxygens (including phenoxy) is 2. The van der Waals surface area contributed by atoms with E-state index in [1.165, 1.54) is 0 Å². The van der Waals surface area contributed by atoms with Gasteiger partial charge in [-0.3, -0.25) is 0 Å². The van der Waals surface area contributed by atoms with Gasteiger partial charge in [0, 0.05) is 21.5 Å². The Hall–Kier alpha value is -3.80. The van der Waals surface area contributed by atoms with Crippen molar-refractivity contribution >= 4 is 55.8 Å². The van der Waals surface area contributed by atoms with E-state index in [0.29, 0.717) is 11.0 Å². The van der Waals surface area contributed by atoms with Crippen LogP contribution in [0.4, 0.5) is 9.59 Å². The van der Waals surface area contributed by atoms with Crippen LogP contribution in [-0.4, -0.2) is 32.5 Å². The smallest absolute Gasteiger partial charge is 0.419 e. The second-order valence-electron chi connectivity index (χ2n) is 10.5. The number of para-hydroxylation sites is 2. The molecule has 5 rings (SSSR count). The fourth-order valence-corrected chi connectivity index (χ4v) is 4.50. The highest BCUT2D eigenvalue weighted by Crippen LogP contribution is 2.39. The third-order valence-electron chi connectivity index (χ3n) is 5.62. The Morgan fingerprint density at radius 2 is 0.912 bits per heavy atom. The SMILES string of the molecule is CC(C)(C)OC(=O)n1c2ccccc2c2ccc3c4ccccc4n(C(=O)OC(C)(C)C)c3c21. The van der Waals surface area contributed by atoms with Crippen molar-refractivity contribution < 1.29 is 19.1 Å². The van der Waals surface area contributed by atoms with Crippen molar-refractivity contribution in [2.75, 3.05) is 0 Å². The van der Waals surface area contributed by atoms with Crippen molar-refractivity contribution in [1.82, 2.24) is 9.13 Å². The van der Waals surface area contributed by atoms with Crippen LogP contribution < -0.4 is 0 Å². The van der Waals surface area contributed by atoms with Crippen LogP contribution in [0, 0.1) is 0 Å². The van der Waals surface area contributed by atoms with Gasteiger partial charge in [-0.2, -0.15) is 0 Å². The van der Waals surface area contributed by atoms with E-state index in [1.807, 2.05) is 102 Å². The van der Waals surface area contributed by atoms with Crippen LogP contribution in [0.15, 0.2) is 60.7 Å². The van der Waals surface area contributed by atoms with E-state index in [0.717, 1.165) is 32.6 Å². The Balaban J connectivity index is 1.98. The lowest BCUT2D eigenvalue weighted by Gasteiger charge is -2.21. The number of rotatable bonds is 0. The molecule has 0 spiro atoms. The van der Waals surface area contributed by atoms with Crippen molar-refractivity contribution in [1.29, 1.82) is 0 Å². The lowest BCUT2D eigenvalue weighted by atomic mass is 10.1. The molecule has 0 fully saturated rings. The van der Waals surface area contributed by atoms with Crippen molar-refractivity contribution in [3.05, 3.63) is 60.7 Å². The van der Waals surface area contributed by atoms with E-state index in [-0.39, 0.29) is 0 Å². The first-order valence-corrected chi connectivity index (χ1v) is 11.4. The minimum atomic E-state index is -0.680. The topological polar surface area (TPSA) is 62.5 Å². The molecule has 2 aromatic heterocycles. The van der Waals surface area contributed by atoms with Crippen molar-refractivity contribution in [3.63, 3.8) is 0 Å². The highest BCUT2D eigenvalue weighted by Gasteiger charge is 2.28. The molecule has 6 nitrogen and oxygen atoms in total. The van der Waals surface area contributed by atoms with Crippen molar-refractivity contribution in [3.8, 4) is 0 Å². The largest absolute Gasteiger partial charge is 0.443 e. The molecule has 0 radical (unpaired) electrons. The molecule has 34 heavy (non-hydrogen) atoms. The maximum absolute atomic E-state index is 13.5. The molecule has 0 atom stereocenters. The maximum Gasteiger partial charge on any atom is 0.419 e. The second kappa shape index (κ2) is 7.35. The minimum absolute atomic E-state index is 0.493. The Kier molecular flexibility index (Phi) is 4.76. The first-order valence-electron chi connectivity index (χ1n) is 11.4. The average Bonchev–Trinajstić information content (AvgIpc) is 3.24. The summed E-state index contributed by atoms with van der Waals surface area (Å²) in [6, 6.07) is 19.4. The van der Waals surface area contributed by atoms with Crippen molar-refractivity contribution in [2.45, 2.75) is 52.7 Å². The lowest BCUT2D eigenvalue weighted by Crippen LogP contribution is -2.28. The van der Waals surface area contributed by atoms with E-state index in [1.54, 1.807) is 9.13 Å². The molecular formula is C28H28N2O4. The first kappa shape index (κ1) is 22.0. The van der Waals surface area contributed by atoms with Crippen LogP contribution in [0.1, 0.15) is 41.5 Å². The van der Waals surface area contributed by atoms with Gasteiger partial charge in [0.1, 0.15) is 11.2 Å². The second-order valence-corrected chi connectivity index (χ2v) is 10.5. The molecule has 0 N–H and O–H groups in total. The quantitative estimate of drug-likeness (QED) is 0.242. The van der Waals surface area contributed by atoms with Gasteiger partial charge < -0.3 is 9.47 Å². The van der Waals surface area contributed by atoms with E-state index in [4.69, 9.17) is 9.47 Å². The summed E-state index contributed by atoms with van der Waals surface area (Å²) in [5.41, 5.74) is 1.33. The first-order chi connectivity index (χ1) is 16.0.